The lowest BCUT2D eigenvalue weighted by atomic mass is 10.1. The standard InChI is InChI=1S/C22H28N4O2/c1-25(2)16-13-23-21(27)17-5-7-18(8-6-17)22(28)24-19-9-11-20(12-10-19)26-14-3-4-15-26/h5-12H,3-4,13-16H2,1-2H3,(H,23,27)(H,24,28). The molecule has 2 aromatic rings. The second-order valence-electron chi connectivity index (χ2n) is 7.33. The summed E-state index contributed by atoms with van der Waals surface area (Å²) in [5, 5.41) is 5.77. The first-order valence-electron chi connectivity index (χ1n) is 9.72. The first kappa shape index (κ1) is 19.9. The summed E-state index contributed by atoms with van der Waals surface area (Å²) in [6.45, 7) is 3.56. The van der Waals surface area contributed by atoms with E-state index in [2.05, 4.69) is 15.5 Å². The zero-order valence-electron chi connectivity index (χ0n) is 16.6. The van der Waals surface area contributed by atoms with Crippen LogP contribution in [0, 0.1) is 0 Å². The van der Waals surface area contributed by atoms with Gasteiger partial charge in [0.1, 0.15) is 0 Å². The second-order valence-corrected chi connectivity index (χ2v) is 7.33. The Labute approximate surface area is 166 Å². The summed E-state index contributed by atoms with van der Waals surface area (Å²) in [6.07, 6.45) is 2.48. The molecular formula is C22H28N4O2. The summed E-state index contributed by atoms with van der Waals surface area (Å²) in [5.74, 6) is -0.320. The zero-order chi connectivity index (χ0) is 19.9. The molecule has 0 saturated carbocycles. The predicted molar refractivity (Wildman–Crippen MR) is 113 cm³/mol. The van der Waals surface area contributed by atoms with Gasteiger partial charge in [0.25, 0.3) is 11.8 Å². The lowest BCUT2D eigenvalue weighted by molar-refractivity contribution is 0.0949. The lowest BCUT2D eigenvalue weighted by Crippen LogP contribution is -2.31. The number of anilines is 2. The molecule has 1 heterocycles. The molecule has 1 saturated heterocycles. The third-order valence-corrected chi connectivity index (χ3v) is 4.85. The number of amides is 2. The van der Waals surface area contributed by atoms with Crippen LogP contribution in [0.1, 0.15) is 33.6 Å². The highest BCUT2D eigenvalue weighted by Gasteiger charge is 2.13. The molecule has 0 aromatic heterocycles. The Bertz CT molecular complexity index is 794. The number of rotatable bonds is 7. The van der Waals surface area contributed by atoms with Gasteiger partial charge in [-0.05, 0) is 75.5 Å². The Morgan fingerprint density at radius 1 is 0.893 bits per heavy atom. The van der Waals surface area contributed by atoms with E-state index >= 15 is 0 Å². The van der Waals surface area contributed by atoms with Gasteiger partial charge in [-0.1, -0.05) is 0 Å². The van der Waals surface area contributed by atoms with Crippen LogP contribution in [0.2, 0.25) is 0 Å². The molecule has 6 heteroatoms. The molecule has 1 aliphatic rings. The summed E-state index contributed by atoms with van der Waals surface area (Å²) >= 11 is 0. The van der Waals surface area contributed by atoms with Crippen molar-refractivity contribution in [2.75, 3.05) is 50.5 Å². The molecular weight excluding hydrogens is 352 g/mol. The van der Waals surface area contributed by atoms with Gasteiger partial charge < -0.3 is 20.4 Å². The maximum Gasteiger partial charge on any atom is 0.255 e. The number of nitrogens with zero attached hydrogens (tertiary/aromatic N) is 2. The van der Waals surface area contributed by atoms with Gasteiger partial charge in [0.15, 0.2) is 0 Å². The highest BCUT2D eigenvalue weighted by atomic mass is 16.2. The average molecular weight is 380 g/mol. The van der Waals surface area contributed by atoms with Crippen LogP contribution in [-0.2, 0) is 0 Å². The molecule has 0 unspecified atom stereocenters. The van der Waals surface area contributed by atoms with Crippen LogP contribution < -0.4 is 15.5 Å². The van der Waals surface area contributed by atoms with Gasteiger partial charge in [-0.15, -0.1) is 0 Å². The van der Waals surface area contributed by atoms with Gasteiger partial charge in [-0.3, -0.25) is 9.59 Å². The minimum Gasteiger partial charge on any atom is -0.372 e. The molecule has 0 aliphatic carbocycles. The molecule has 2 amide bonds. The van der Waals surface area contributed by atoms with Crippen molar-refractivity contribution in [2.45, 2.75) is 12.8 Å². The van der Waals surface area contributed by atoms with Gasteiger partial charge >= 0.3 is 0 Å². The number of benzene rings is 2. The first-order chi connectivity index (χ1) is 13.5. The maximum absolute atomic E-state index is 12.5. The number of carbonyl (C=O) groups is 2. The van der Waals surface area contributed by atoms with Gasteiger partial charge in [0.2, 0.25) is 0 Å². The Morgan fingerprint density at radius 3 is 2.04 bits per heavy atom. The van der Waals surface area contributed by atoms with E-state index in [1.165, 1.54) is 18.5 Å². The molecule has 6 nitrogen and oxygen atoms in total. The third-order valence-electron chi connectivity index (χ3n) is 4.85. The molecule has 28 heavy (non-hydrogen) atoms. The zero-order valence-corrected chi connectivity index (χ0v) is 16.6. The van der Waals surface area contributed by atoms with Crippen molar-refractivity contribution in [1.82, 2.24) is 10.2 Å². The van der Waals surface area contributed by atoms with E-state index < -0.39 is 0 Å². The topological polar surface area (TPSA) is 64.7 Å². The second kappa shape index (κ2) is 9.37. The maximum atomic E-state index is 12.5. The molecule has 1 fully saturated rings. The smallest absolute Gasteiger partial charge is 0.255 e. The van der Waals surface area contributed by atoms with Crippen LogP contribution in [-0.4, -0.2) is 57.0 Å². The molecule has 148 valence electrons. The molecule has 2 aromatic carbocycles. The van der Waals surface area contributed by atoms with Gasteiger partial charge in [0.05, 0.1) is 0 Å². The minimum absolute atomic E-state index is 0.133. The van der Waals surface area contributed by atoms with Crippen LogP contribution in [0.15, 0.2) is 48.5 Å². The van der Waals surface area contributed by atoms with Crippen molar-refractivity contribution in [3.05, 3.63) is 59.7 Å². The van der Waals surface area contributed by atoms with E-state index in [0.29, 0.717) is 17.7 Å². The lowest BCUT2D eigenvalue weighted by Gasteiger charge is -2.17. The molecule has 0 radical (unpaired) electrons. The summed E-state index contributed by atoms with van der Waals surface area (Å²) < 4.78 is 0. The van der Waals surface area contributed by atoms with E-state index in [0.717, 1.165) is 25.3 Å². The Kier molecular flexibility index (Phi) is 6.66. The van der Waals surface area contributed by atoms with Crippen molar-refractivity contribution in [3.8, 4) is 0 Å². The van der Waals surface area contributed by atoms with Crippen LogP contribution >= 0.6 is 0 Å². The van der Waals surface area contributed by atoms with Crippen molar-refractivity contribution < 1.29 is 9.59 Å². The Balaban J connectivity index is 1.54. The molecule has 0 atom stereocenters. The monoisotopic (exact) mass is 380 g/mol. The number of carbonyl (C=O) groups excluding carboxylic acids is 2. The van der Waals surface area contributed by atoms with Crippen LogP contribution in [0.25, 0.3) is 0 Å². The fourth-order valence-electron chi connectivity index (χ4n) is 3.20. The Morgan fingerprint density at radius 2 is 1.46 bits per heavy atom. The van der Waals surface area contributed by atoms with E-state index in [4.69, 9.17) is 0 Å². The number of likely N-dealkylation sites (N-methyl/N-ethyl adjacent to an activating group) is 1. The van der Waals surface area contributed by atoms with Crippen molar-refractivity contribution in [1.29, 1.82) is 0 Å². The summed E-state index contributed by atoms with van der Waals surface area (Å²) in [7, 11) is 3.92. The highest BCUT2D eigenvalue weighted by molar-refractivity contribution is 6.05. The van der Waals surface area contributed by atoms with E-state index in [1.54, 1.807) is 24.3 Å². The van der Waals surface area contributed by atoms with Gasteiger partial charge in [-0.25, -0.2) is 0 Å². The molecule has 2 N–H and O–H groups in total. The average Bonchev–Trinajstić information content (AvgIpc) is 3.23. The normalized spacial score (nSPS) is 13.6. The van der Waals surface area contributed by atoms with E-state index in [1.807, 2.05) is 43.3 Å². The number of hydrogen-bond acceptors (Lipinski definition) is 4. The fourth-order valence-corrected chi connectivity index (χ4v) is 3.20. The largest absolute Gasteiger partial charge is 0.372 e. The number of nitrogens with one attached hydrogen (secondary N) is 2. The first-order valence-corrected chi connectivity index (χ1v) is 9.72. The van der Waals surface area contributed by atoms with Gasteiger partial charge in [0, 0.05) is 48.7 Å². The Hall–Kier alpha value is -2.86. The summed E-state index contributed by atoms with van der Waals surface area (Å²) in [5.41, 5.74) is 3.03. The summed E-state index contributed by atoms with van der Waals surface area (Å²) in [6, 6.07) is 14.6. The van der Waals surface area contributed by atoms with Crippen LogP contribution in [0.4, 0.5) is 11.4 Å². The van der Waals surface area contributed by atoms with E-state index in [9.17, 15) is 9.59 Å². The van der Waals surface area contributed by atoms with Crippen molar-refractivity contribution >= 4 is 23.2 Å². The third kappa shape index (κ3) is 5.33. The molecule has 0 bridgehead atoms. The predicted octanol–water partition coefficient (Wildman–Crippen LogP) is 2.83. The van der Waals surface area contributed by atoms with Crippen molar-refractivity contribution in [2.24, 2.45) is 0 Å². The highest BCUT2D eigenvalue weighted by Crippen LogP contribution is 2.22. The van der Waals surface area contributed by atoms with Crippen molar-refractivity contribution in [3.63, 3.8) is 0 Å². The summed E-state index contributed by atoms with van der Waals surface area (Å²) in [4.78, 5) is 28.9. The molecule has 1 aliphatic heterocycles. The number of hydrogen-bond donors (Lipinski definition) is 2. The fraction of sp³-hybridized carbons (Fsp3) is 0.364. The van der Waals surface area contributed by atoms with Gasteiger partial charge in [-0.2, -0.15) is 0 Å². The van der Waals surface area contributed by atoms with Crippen LogP contribution in [0.3, 0.4) is 0 Å². The molecule has 0 spiro atoms. The molecule has 3 rings (SSSR count). The SMILES string of the molecule is CN(C)CCNC(=O)c1ccc(C(=O)Nc2ccc(N3CCCC3)cc2)cc1. The van der Waals surface area contributed by atoms with Crippen LogP contribution in [0.5, 0.6) is 0 Å². The van der Waals surface area contributed by atoms with E-state index in [-0.39, 0.29) is 11.8 Å². The quantitative estimate of drug-likeness (QED) is 0.775. The minimum atomic E-state index is -0.187.